The molecule has 1 aromatic heterocycles. The first-order chi connectivity index (χ1) is 28.9. The molecule has 1 aliphatic rings. The summed E-state index contributed by atoms with van der Waals surface area (Å²) >= 11 is 0. The Balaban J connectivity index is 1.20. The first kappa shape index (κ1) is 37.9. The second kappa shape index (κ2) is 16.3. The molecule has 4 heteroatoms. The summed E-state index contributed by atoms with van der Waals surface area (Å²) in [6, 6.07) is 59.7. The van der Waals surface area contributed by atoms with Crippen LogP contribution in [0.5, 0.6) is 0 Å². The minimum Gasteiger partial charge on any atom is -0.208 e. The monoisotopic (exact) mass is 764 g/mol. The molecule has 1 heterocycles. The van der Waals surface area contributed by atoms with E-state index < -0.39 is 0 Å². The van der Waals surface area contributed by atoms with Crippen LogP contribution in [-0.4, -0.2) is 15.0 Å². The van der Waals surface area contributed by atoms with Crippen LogP contribution >= 0.6 is 0 Å². The summed E-state index contributed by atoms with van der Waals surface area (Å²) in [6.45, 7) is 7.23. The van der Waals surface area contributed by atoms with Gasteiger partial charge in [-0.3, -0.25) is 0 Å². The highest BCUT2D eigenvalue weighted by Gasteiger charge is 2.36. The molecule has 0 spiro atoms. The van der Waals surface area contributed by atoms with Crippen LogP contribution in [0.4, 0.5) is 0 Å². The summed E-state index contributed by atoms with van der Waals surface area (Å²) in [7, 11) is 0. The Bertz CT molecular complexity index is 2770. The van der Waals surface area contributed by atoms with E-state index in [1.807, 2.05) is 30.3 Å². The van der Waals surface area contributed by atoms with Gasteiger partial charge < -0.3 is 0 Å². The fourth-order valence-corrected chi connectivity index (χ4v) is 9.36. The molecule has 4 nitrogen and oxygen atoms in total. The summed E-state index contributed by atoms with van der Waals surface area (Å²) in [5.41, 5.74) is 11.6. The summed E-state index contributed by atoms with van der Waals surface area (Å²) in [6.07, 6.45) is 6.19. The molecule has 0 N–H and O–H groups in total. The fraction of sp³-hybridized carbons (Fsp3) is 0.200. The normalized spacial score (nSPS) is 17.9. The Hall–Kier alpha value is -6.70. The quantitative estimate of drug-likeness (QED) is 0.145. The SMILES string of the molecule is CCC1(c2ccc(-c3nc(-c4ccc5ccc(-c6ccccc6)cc5c4)nc(-c4ccc(-c5ccc(C#N)cc5)cc4-c4ccccc4)n3)cc2)C[C@H](C)CC[C@H](C)C1. The van der Waals surface area contributed by atoms with Crippen LogP contribution < -0.4 is 0 Å². The standard InChI is InChI=1S/C55H48N4/c1-4-55(34-37(2)15-16-38(3)35-55)49-28-25-44(26-29-49)52-57-53(47-24-22-42-21-23-45(31-48(42)32-47)40-11-7-5-8-12-40)59-54(58-52)50-30-27-46(41-19-17-39(36-56)18-20-41)33-51(50)43-13-9-6-10-14-43/h5-14,17-33,37-38H,4,15-16,34-35H2,1-3H3/t37-,38+,55?. The van der Waals surface area contributed by atoms with Crippen molar-refractivity contribution in [3.63, 3.8) is 0 Å². The average molecular weight is 765 g/mol. The number of hydrogen-bond donors (Lipinski definition) is 0. The number of nitrogens with zero attached hydrogens (tertiary/aromatic N) is 4. The van der Waals surface area contributed by atoms with Crippen LogP contribution in [0.1, 0.15) is 64.0 Å². The third-order valence-electron chi connectivity index (χ3n) is 12.6. The van der Waals surface area contributed by atoms with Crippen molar-refractivity contribution < 1.29 is 0 Å². The number of hydrogen-bond acceptors (Lipinski definition) is 4. The van der Waals surface area contributed by atoms with Crippen molar-refractivity contribution in [1.29, 1.82) is 5.26 Å². The van der Waals surface area contributed by atoms with Crippen molar-refractivity contribution in [3.8, 4) is 73.6 Å². The zero-order valence-electron chi connectivity index (χ0n) is 34.1. The van der Waals surface area contributed by atoms with Crippen molar-refractivity contribution in [3.05, 3.63) is 175 Å². The second-order valence-corrected chi connectivity index (χ2v) is 16.7. The molecule has 59 heavy (non-hydrogen) atoms. The molecular formula is C55H48N4. The van der Waals surface area contributed by atoms with Gasteiger partial charge in [-0.25, -0.2) is 15.0 Å². The molecule has 0 radical (unpaired) electrons. The lowest BCUT2D eigenvalue weighted by Crippen LogP contribution is -2.28. The minimum absolute atomic E-state index is 0.175. The number of nitriles is 1. The molecule has 1 unspecified atom stereocenters. The first-order valence-corrected chi connectivity index (χ1v) is 21.0. The highest BCUT2D eigenvalue weighted by molar-refractivity contribution is 5.91. The molecule has 1 fully saturated rings. The van der Waals surface area contributed by atoms with E-state index in [0.717, 1.165) is 56.1 Å². The Morgan fingerprint density at radius 1 is 0.492 bits per heavy atom. The topological polar surface area (TPSA) is 62.5 Å². The van der Waals surface area contributed by atoms with Gasteiger partial charge in [0.1, 0.15) is 0 Å². The lowest BCUT2D eigenvalue weighted by Gasteiger charge is -2.35. The molecule has 0 aliphatic heterocycles. The average Bonchev–Trinajstić information content (AvgIpc) is 3.46. The van der Waals surface area contributed by atoms with Crippen molar-refractivity contribution in [2.75, 3.05) is 0 Å². The molecule has 1 saturated carbocycles. The maximum Gasteiger partial charge on any atom is 0.164 e. The molecule has 7 aromatic carbocycles. The predicted octanol–water partition coefficient (Wildman–Crippen LogP) is 14.4. The zero-order valence-corrected chi connectivity index (χ0v) is 34.1. The Labute approximate surface area is 348 Å². The highest BCUT2D eigenvalue weighted by atomic mass is 15.0. The zero-order chi connectivity index (χ0) is 40.3. The van der Waals surface area contributed by atoms with Crippen molar-refractivity contribution >= 4 is 10.8 Å². The molecule has 288 valence electrons. The predicted molar refractivity (Wildman–Crippen MR) is 243 cm³/mol. The van der Waals surface area contributed by atoms with Gasteiger partial charge in [0.25, 0.3) is 0 Å². The van der Waals surface area contributed by atoms with Gasteiger partial charge in [-0.05, 0) is 123 Å². The van der Waals surface area contributed by atoms with Gasteiger partial charge in [-0.15, -0.1) is 0 Å². The molecule has 0 bridgehead atoms. The number of rotatable bonds is 8. The Morgan fingerprint density at radius 2 is 1.00 bits per heavy atom. The van der Waals surface area contributed by atoms with Crippen LogP contribution in [0, 0.1) is 23.2 Å². The van der Waals surface area contributed by atoms with Gasteiger partial charge in [0.05, 0.1) is 11.6 Å². The van der Waals surface area contributed by atoms with Gasteiger partial charge in [0.2, 0.25) is 0 Å². The number of benzene rings is 7. The van der Waals surface area contributed by atoms with Gasteiger partial charge in [-0.2, -0.15) is 5.26 Å². The smallest absolute Gasteiger partial charge is 0.164 e. The molecular weight excluding hydrogens is 717 g/mol. The van der Waals surface area contributed by atoms with Crippen LogP contribution in [0.2, 0.25) is 0 Å². The van der Waals surface area contributed by atoms with E-state index >= 15 is 0 Å². The van der Waals surface area contributed by atoms with Crippen molar-refractivity contribution in [2.45, 2.75) is 58.3 Å². The van der Waals surface area contributed by atoms with E-state index in [-0.39, 0.29) is 5.41 Å². The number of fused-ring (bicyclic) bond motifs is 1. The van der Waals surface area contributed by atoms with Crippen LogP contribution in [0.15, 0.2) is 164 Å². The molecule has 8 aromatic rings. The van der Waals surface area contributed by atoms with Crippen LogP contribution in [-0.2, 0) is 5.41 Å². The van der Waals surface area contributed by atoms with Crippen LogP contribution in [0.25, 0.3) is 78.3 Å². The summed E-state index contributed by atoms with van der Waals surface area (Å²) in [5, 5.41) is 11.7. The van der Waals surface area contributed by atoms with Gasteiger partial charge in [-0.1, -0.05) is 161 Å². The van der Waals surface area contributed by atoms with E-state index in [0.29, 0.717) is 34.9 Å². The van der Waals surface area contributed by atoms with E-state index in [4.69, 9.17) is 15.0 Å². The maximum absolute atomic E-state index is 9.43. The van der Waals surface area contributed by atoms with E-state index in [1.165, 1.54) is 42.4 Å². The van der Waals surface area contributed by atoms with Gasteiger partial charge in [0, 0.05) is 16.7 Å². The van der Waals surface area contributed by atoms with Gasteiger partial charge in [0.15, 0.2) is 17.5 Å². The van der Waals surface area contributed by atoms with E-state index in [2.05, 4.69) is 160 Å². The number of aromatic nitrogens is 3. The van der Waals surface area contributed by atoms with Crippen molar-refractivity contribution in [1.82, 2.24) is 15.0 Å². The first-order valence-electron chi connectivity index (χ1n) is 21.0. The van der Waals surface area contributed by atoms with Gasteiger partial charge >= 0.3 is 0 Å². The molecule has 0 amide bonds. The maximum atomic E-state index is 9.43. The summed E-state index contributed by atoms with van der Waals surface area (Å²) < 4.78 is 0. The lowest BCUT2D eigenvalue weighted by atomic mass is 9.69. The molecule has 3 atom stereocenters. The molecule has 9 rings (SSSR count). The highest BCUT2D eigenvalue weighted by Crippen LogP contribution is 2.45. The molecule has 0 saturated heterocycles. The summed E-state index contributed by atoms with van der Waals surface area (Å²) in [4.78, 5) is 15.8. The third kappa shape index (κ3) is 7.82. The van der Waals surface area contributed by atoms with E-state index in [1.54, 1.807) is 0 Å². The largest absolute Gasteiger partial charge is 0.208 e. The Morgan fingerprint density at radius 3 is 1.64 bits per heavy atom. The third-order valence-corrected chi connectivity index (χ3v) is 12.6. The fourth-order valence-electron chi connectivity index (χ4n) is 9.36. The Kier molecular flexibility index (Phi) is 10.4. The van der Waals surface area contributed by atoms with E-state index in [9.17, 15) is 5.26 Å². The van der Waals surface area contributed by atoms with Crippen molar-refractivity contribution in [2.24, 2.45) is 11.8 Å². The lowest BCUT2D eigenvalue weighted by molar-refractivity contribution is 0.295. The minimum atomic E-state index is 0.175. The molecule has 1 aliphatic carbocycles. The van der Waals surface area contributed by atoms with Crippen LogP contribution in [0.3, 0.4) is 0 Å². The second-order valence-electron chi connectivity index (χ2n) is 16.7. The summed E-state index contributed by atoms with van der Waals surface area (Å²) in [5.74, 6) is 3.32.